The molecule has 1 rings (SSSR count). The molecule has 0 spiro atoms. The Morgan fingerprint density at radius 2 is 2.42 bits per heavy atom. The number of nitrogens with one attached hydrogen (secondary N) is 2. The van der Waals surface area contributed by atoms with Gasteiger partial charge in [0.15, 0.2) is 5.96 Å². The summed E-state index contributed by atoms with van der Waals surface area (Å²) in [5.74, 6) is 2.01. The lowest BCUT2D eigenvalue weighted by molar-refractivity contribution is 0.221. The van der Waals surface area contributed by atoms with Gasteiger partial charge in [-0.25, -0.2) is 4.79 Å². The molecule has 0 saturated carbocycles. The van der Waals surface area contributed by atoms with E-state index in [0.29, 0.717) is 13.0 Å². The molecule has 0 aliphatic carbocycles. The first kappa shape index (κ1) is 14.5. The molecule has 0 atom stereocenters. The van der Waals surface area contributed by atoms with Gasteiger partial charge >= 0.3 is 6.03 Å². The third-order valence-corrected chi connectivity index (χ3v) is 2.45. The molecular weight excluding hydrogens is 242 g/mol. The fourth-order valence-corrected chi connectivity index (χ4v) is 1.54. The molecule has 100 valence electrons. The van der Waals surface area contributed by atoms with Crippen molar-refractivity contribution in [1.29, 1.82) is 5.41 Å². The summed E-state index contributed by atoms with van der Waals surface area (Å²) < 4.78 is 0. The summed E-state index contributed by atoms with van der Waals surface area (Å²) in [6, 6.07) is 3.37. The van der Waals surface area contributed by atoms with Gasteiger partial charge in [-0.05, 0) is 24.5 Å². The van der Waals surface area contributed by atoms with E-state index in [4.69, 9.17) is 17.6 Å². The Morgan fingerprint density at radius 3 is 3.00 bits per heavy atom. The van der Waals surface area contributed by atoms with E-state index >= 15 is 0 Å². The number of aryl methyl sites for hydroxylation is 1. The maximum Gasteiger partial charge on any atom is 0.324 e. The standard InChI is InChI=1S/C13H17N5O/c1-2-7-17-13(19)18(12(14)15)9-4-6-11-5-3-8-16-10-11/h1,3,5,8,10H,4,6-7,9H2,(H3,14,15)(H,17,19). The van der Waals surface area contributed by atoms with Gasteiger partial charge in [-0.1, -0.05) is 12.0 Å². The number of rotatable bonds is 5. The zero-order chi connectivity index (χ0) is 14.1. The maximum absolute atomic E-state index is 11.7. The Balaban J connectivity index is 2.44. The van der Waals surface area contributed by atoms with Gasteiger partial charge in [-0.3, -0.25) is 15.3 Å². The quantitative estimate of drug-likeness (QED) is 0.409. The van der Waals surface area contributed by atoms with Crippen LogP contribution in [0.4, 0.5) is 4.79 Å². The average molecular weight is 259 g/mol. The molecule has 1 heterocycles. The van der Waals surface area contributed by atoms with E-state index in [1.54, 1.807) is 12.4 Å². The van der Waals surface area contributed by atoms with E-state index in [2.05, 4.69) is 16.2 Å². The molecule has 0 aromatic carbocycles. The van der Waals surface area contributed by atoms with Crippen molar-refractivity contribution in [3.05, 3.63) is 30.1 Å². The van der Waals surface area contributed by atoms with E-state index in [1.807, 2.05) is 12.1 Å². The van der Waals surface area contributed by atoms with Crippen LogP contribution in [0.3, 0.4) is 0 Å². The molecule has 1 aromatic heterocycles. The van der Waals surface area contributed by atoms with Crippen molar-refractivity contribution in [1.82, 2.24) is 15.2 Å². The first-order chi connectivity index (χ1) is 9.15. The lowest BCUT2D eigenvalue weighted by atomic mass is 10.1. The van der Waals surface area contributed by atoms with Crippen molar-refractivity contribution in [2.75, 3.05) is 13.1 Å². The predicted molar refractivity (Wildman–Crippen MR) is 73.4 cm³/mol. The second-order valence-corrected chi connectivity index (χ2v) is 3.86. The zero-order valence-corrected chi connectivity index (χ0v) is 10.6. The number of hydrogen-bond donors (Lipinski definition) is 3. The molecule has 2 amide bonds. The van der Waals surface area contributed by atoms with Gasteiger partial charge in [-0.2, -0.15) is 0 Å². The van der Waals surface area contributed by atoms with Crippen LogP contribution in [0.2, 0.25) is 0 Å². The lowest BCUT2D eigenvalue weighted by Gasteiger charge is -2.20. The van der Waals surface area contributed by atoms with Gasteiger partial charge in [0.25, 0.3) is 0 Å². The summed E-state index contributed by atoms with van der Waals surface area (Å²) in [4.78, 5) is 16.8. The van der Waals surface area contributed by atoms with E-state index in [-0.39, 0.29) is 12.5 Å². The number of carbonyl (C=O) groups is 1. The Morgan fingerprint density at radius 1 is 1.63 bits per heavy atom. The monoisotopic (exact) mass is 259 g/mol. The van der Waals surface area contributed by atoms with Crippen LogP contribution >= 0.6 is 0 Å². The molecule has 0 aliphatic rings. The van der Waals surface area contributed by atoms with Gasteiger partial charge < -0.3 is 11.1 Å². The van der Waals surface area contributed by atoms with Crippen LogP contribution in [0, 0.1) is 17.8 Å². The van der Waals surface area contributed by atoms with Crippen LogP contribution in [0.25, 0.3) is 0 Å². The van der Waals surface area contributed by atoms with Gasteiger partial charge in [0, 0.05) is 18.9 Å². The molecular formula is C13H17N5O. The van der Waals surface area contributed by atoms with Crippen molar-refractivity contribution in [2.24, 2.45) is 5.73 Å². The smallest absolute Gasteiger partial charge is 0.324 e. The summed E-state index contributed by atoms with van der Waals surface area (Å²) in [6.45, 7) is 0.478. The van der Waals surface area contributed by atoms with E-state index in [9.17, 15) is 4.79 Å². The first-order valence-electron chi connectivity index (χ1n) is 5.87. The largest absolute Gasteiger partial charge is 0.370 e. The fourth-order valence-electron chi connectivity index (χ4n) is 1.54. The second kappa shape index (κ2) is 7.71. The molecule has 0 radical (unpaired) electrons. The van der Waals surface area contributed by atoms with Crippen LogP contribution in [0.15, 0.2) is 24.5 Å². The lowest BCUT2D eigenvalue weighted by Crippen LogP contribution is -2.47. The maximum atomic E-state index is 11.7. The zero-order valence-electron chi connectivity index (χ0n) is 10.6. The number of urea groups is 1. The summed E-state index contributed by atoms with van der Waals surface area (Å²) in [5.41, 5.74) is 6.45. The van der Waals surface area contributed by atoms with Crippen molar-refractivity contribution in [3.63, 3.8) is 0 Å². The number of hydrogen-bond acceptors (Lipinski definition) is 3. The molecule has 0 bridgehead atoms. The highest BCUT2D eigenvalue weighted by molar-refractivity contribution is 5.93. The molecule has 0 saturated heterocycles. The molecule has 6 nitrogen and oxygen atoms in total. The molecule has 6 heteroatoms. The third-order valence-electron chi connectivity index (χ3n) is 2.45. The Kier molecular flexibility index (Phi) is 5.89. The fraction of sp³-hybridized carbons (Fsp3) is 0.308. The predicted octanol–water partition coefficient (Wildman–Crippen LogP) is 0.552. The van der Waals surface area contributed by atoms with Crippen LogP contribution in [-0.2, 0) is 6.42 Å². The molecule has 0 fully saturated rings. The summed E-state index contributed by atoms with van der Waals surface area (Å²) in [7, 11) is 0. The normalized spacial score (nSPS) is 9.42. The summed E-state index contributed by atoms with van der Waals surface area (Å²) >= 11 is 0. The molecule has 0 unspecified atom stereocenters. The minimum Gasteiger partial charge on any atom is -0.370 e. The SMILES string of the molecule is C#CCNC(=O)N(CCCc1cccnc1)C(=N)N. The van der Waals surface area contributed by atoms with Crippen LogP contribution in [-0.4, -0.2) is 35.0 Å². The van der Waals surface area contributed by atoms with E-state index in [0.717, 1.165) is 16.9 Å². The van der Waals surface area contributed by atoms with Crippen molar-refractivity contribution in [3.8, 4) is 12.3 Å². The first-order valence-corrected chi connectivity index (χ1v) is 5.87. The number of amides is 2. The minimum atomic E-state index is -0.448. The van der Waals surface area contributed by atoms with Crippen molar-refractivity contribution >= 4 is 12.0 Å². The number of carbonyl (C=O) groups excluding carboxylic acids is 1. The van der Waals surface area contributed by atoms with Gasteiger partial charge in [-0.15, -0.1) is 6.42 Å². The van der Waals surface area contributed by atoms with Gasteiger partial charge in [0.2, 0.25) is 0 Å². The van der Waals surface area contributed by atoms with Gasteiger partial charge in [0.05, 0.1) is 6.54 Å². The van der Waals surface area contributed by atoms with Crippen LogP contribution in [0.1, 0.15) is 12.0 Å². The highest BCUT2D eigenvalue weighted by atomic mass is 16.2. The highest BCUT2D eigenvalue weighted by Gasteiger charge is 2.14. The number of nitrogens with zero attached hydrogens (tertiary/aromatic N) is 2. The van der Waals surface area contributed by atoms with Crippen molar-refractivity contribution in [2.45, 2.75) is 12.8 Å². The van der Waals surface area contributed by atoms with Gasteiger partial charge in [0.1, 0.15) is 0 Å². The van der Waals surface area contributed by atoms with E-state index < -0.39 is 6.03 Å². The number of nitrogens with two attached hydrogens (primary N) is 1. The Hall–Kier alpha value is -2.55. The summed E-state index contributed by atoms with van der Waals surface area (Å²) in [5, 5.41) is 9.86. The topological polar surface area (TPSA) is 95.1 Å². The molecule has 19 heavy (non-hydrogen) atoms. The Labute approximate surface area is 112 Å². The number of pyridine rings is 1. The van der Waals surface area contributed by atoms with E-state index in [1.165, 1.54) is 0 Å². The minimum absolute atomic E-state index is 0.116. The third kappa shape index (κ3) is 5.08. The highest BCUT2D eigenvalue weighted by Crippen LogP contribution is 2.02. The summed E-state index contributed by atoms with van der Waals surface area (Å²) in [6.07, 6.45) is 9.99. The Bertz CT molecular complexity index is 466. The number of terminal acetylenes is 1. The van der Waals surface area contributed by atoms with Crippen LogP contribution in [0.5, 0.6) is 0 Å². The van der Waals surface area contributed by atoms with Crippen molar-refractivity contribution < 1.29 is 4.79 Å². The molecule has 1 aromatic rings. The molecule has 4 N–H and O–H groups in total. The second-order valence-electron chi connectivity index (χ2n) is 3.86. The number of guanidine groups is 1. The van der Waals surface area contributed by atoms with Crippen LogP contribution < -0.4 is 11.1 Å². The number of aromatic nitrogens is 1. The molecule has 0 aliphatic heterocycles. The average Bonchev–Trinajstić information content (AvgIpc) is 2.41.